The molecular formula is C14H20N2O4S. The van der Waals surface area contributed by atoms with Crippen molar-refractivity contribution < 1.29 is 19.5 Å². The number of carbonyl (C=O) groups excluding carboxylic acids is 2. The Balaban J connectivity index is 2.27. The zero-order chi connectivity index (χ0) is 15.9. The van der Waals surface area contributed by atoms with E-state index in [0.717, 1.165) is 5.56 Å². The fourth-order valence-electron chi connectivity index (χ4n) is 1.88. The highest BCUT2D eigenvalue weighted by atomic mass is 32.1. The molecule has 3 amide bonds. The average molecular weight is 312 g/mol. The molecule has 0 fully saturated rings. The van der Waals surface area contributed by atoms with Crippen molar-refractivity contribution in [3.63, 3.8) is 0 Å². The zero-order valence-electron chi connectivity index (χ0n) is 12.1. The molecule has 0 aliphatic rings. The number of amides is 3. The molecule has 0 aliphatic heterocycles. The van der Waals surface area contributed by atoms with Gasteiger partial charge in [-0.05, 0) is 34.2 Å². The second-order valence-electron chi connectivity index (χ2n) is 5.60. The first-order chi connectivity index (χ1) is 9.78. The molecule has 1 heterocycles. The van der Waals surface area contributed by atoms with Gasteiger partial charge in [0.25, 0.3) is 0 Å². The van der Waals surface area contributed by atoms with Crippen LogP contribution in [0.4, 0.5) is 4.79 Å². The Morgan fingerprint density at radius 2 is 2.00 bits per heavy atom. The monoisotopic (exact) mass is 312 g/mol. The number of carboxylic acids is 1. The van der Waals surface area contributed by atoms with Crippen molar-refractivity contribution in [2.45, 2.75) is 33.1 Å². The van der Waals surface area contributed by atoms with E-state index in [1.807, 2.05) is 16.8 Å². The number of rotatable bonds is 7. The van der Waals surface area contributed by atoms with Gasteiger partial charge in [0.15, 0.2) is 0 Å². The number of hydrogen-bond donors (Lipinski definition) is 3. The third-order valence-electron chi connectivity index (χ3n) is 2.80. The van der Waals surface area contributed by atoms with Crippen LogP contribution in [0.1, 0.15) is 32.3 Å². The van der Waals surface area contributed by atoms with Gasteiger partial charge >= 0.3 is 12.0 Å². The summed E-state index contributed by atoms with van der Waals surface area (Å²) in [5.41, 5.74) is 0.446. The van der Waals surface area contributed by atoms with E-state index in [0.29, 0.717) is 13.0 Å². The Hall–Kier alpha value is -1.89. The smallest absolute Gasteiger partial charge is 0.321 e. The van der Waals surface area contributed by atoms with Crippen LogP contribution in [0.25, 0.3) is 0 Å². The molecule has 1 aromatic rings. The van der Waals surface area contributed by atoms with Crippen LogP contribution in [-0.2, 0) is 16.0 Å². The van der Waals surface area contributed by atoms with E-state index in [9.17, 15) is 14.4 Å². The lowest BCUT2D eigenvalue weighted by atomic mass is 9.85. The summed E-state index contributed by atoms with van der Waals surface area (Å²) < 4.78 is 0. The minimum Gasteiger partial charge on any atom is -0.481 e. The molecule has 0 saturated heterocycles. The first-order valence-electron chi connectivity index (χ1n) is 6.59. The topological polar surface area (TPSA) is 95.5 Å². The molecule has 0 saturated carbocycles. The molecule has 1 rings (SSSR count). The van der Waals surface area contributed by atoms with Crippen molar-refractivity contribution in [1.29, 1.82) is 0 Å². The molecular weight excluding hydrogens is 292 g/mol. The van der Waals surface area contributed by atoms with Gasteiger partial charge in [-0.2, -0.15) is 11.3 Å². The van der Waals surface area contributed by atoms with Crippen molar-refractivity contribution in [3.8, 4) is 0 Å². The number of aliphatic carboxylic acids is 1. The van der Waals surface area contributed by atoms with Gasteiger partial charge in [-0.1, -0.05) is 13.8 Å². The molecule has 116 valence electrons. The maximum absolute atomic E-state index is 11.7. The van der Waals surface area contributed by atoms with Gasteiger partial charge in [-0.3, -0.25) is 14.9 Å². The summed E-state index contributed by atoms with van der Waals surface area (Å²) in [6, 6.07) is 1.42. The van der Waals surface area contributed by atoms with Crippen molar-refractivity contribution in [1.82, 2.24) is 10.6 Å². The van der Waals surface area contributed by atoms with Crippen LogP contribution in [0.2, 0.25) is 0 Å². The molecule has 7 heteroatoms. The minimum absolute atomic E-state index is 0.0166. The molecule has 0 radical (unpaired) electrons. The molecule has 0 aromatic carbocycles. The number of hydrogen-bond acceptors (Lipinski definition) is 4. The van der Waals surface area contributed by atoms with Crippen LogP contribution in [0.5, 0.6) is 0 Å². The SMILES string of the molecule is CC(C)(CC(=O)O)CC(=O)NC(=O)NCCc1ccsc1. The van der Waals surface area contributed by atoms with Crippen LogP contribution >= 0.6 is 11.3 Å². The number of urea groups is 1. The Labute approximate surface area is 127 Å². The number of imide groups is 1. The number of nitrogens with one attached hydrogen (secondary N) is 2. The minimum atomic E-state index is -0.965. The maximum atomic E-state index is 11.7. The number of carboxylic acid groups (broad SMARTS) is 1. The molecule has 21 heavy (non-hydrogen) atoms. The Bertz CT molecular complexity index is 497. The van der Waals surface area contributed by atoms with E-state index in [-0.39, 0.29) is 12.8 Å². The van der Waals surface area contributed by atoms with E-state index in [2.05, 4.69) is 10.6 Å². The van der Waals surface area contributed by atoms with Crippen LogP contribution in [0, 0.1) is 5.41 Å². The second kappa shape index (κ2) is 7.78. The number of thiophene rings is 1. The van der Waals surface area contributed by atoms with Crippen LogP contribution < -0.4 is 10.6 Å². The summed E-state index contributed by atoms with van der Waals surface area (Å²) in [5.74, 6) is -1.44. The highest BCUT2D eigenvalue weighted by molar-refractivity contribution is 7.07. The molecule has 0 atom stereocenters. The summed E-state index contributed by atoms with van der Waals surface area (Å²) in [6.45, 7) is 3.79. The first-order valence-corrected chi connectivity index (χ1v) is 7.53. The summed E-state index contributed by atoms with van der Waals surface area (Å²) in [6.07, 6.45) is 0.563. The van der Waals surface area contributed by atoms with E-state index in [1.54, 1.807) is 25.2 Å². The quantitative estimate of drug-likeness (QED) is 0.717. The maximum Gasteiger partial charge on any atom is 0.321 e. The molecule has 3 N–H and O–H groups in total. The third kappa shape index (κ3) is 7.45. The first kappa shape index (κ1) is 17.2. The van der Waals surface area contributed by atoms with Crippen molar-refractivity contribution >= 4 is 29.2 Å². The van der Waals surface area contributed by atoms with Crippen LogP contribution in [-0.4, -0.2) is 29.6 Å². The normalized spacial score (nSPS) is 11.0. The van der Waals surface area contributed by atoms with Crippen molar-refractivity contribution in [2.24, 2.45) is 5.41 Å². The summed E-state index contributed by atoms with van der Waals surface area (Å²) in [5, 5.41) is 17.5. The lowest BCUT2D eigenvalue weighted by Crippen LogP contribution is -2.41. The summed E-state index contributed by atoms with van der Waals surface area (Å²) >= 11 is 1.59. The lowest BCUT2D eigenvalue weighted by Gasteiger charge is -2.21. The molecule has 0 unspecified atom stereocenters. The average Bonchev–Trinajstić information content (AvgIpc) is 2.78. The van der Waals surface area contributed by atoms with E-state index < -0.39 is 23.3 Å². The third-order valence-corrected chi connectivity index (χ3v) is 3.53. The van der Waals surface area contributed by atoms with Crippen molar-refractivity contribution in [3.05, 3.63) is 22.4 Å². The predicted octanol–water partition coefficient (Wildman–Crippen LogP) is 2.01. The van der Waals surface area contributed by atoms with Crippen LogP contribution in [0.15, 0.2) is 16.8 Å². The van der Waals surface area contributed by atoms with Crippen LogP contribution in [0.3, 0.4) is 0 Å². The predicted molar refractivity (Wildman–Crippen MR) is 80.2 cm³/mol. The fourth-order valence-corrected chi connectivity index (χ4v) is 2.58. The summed E-state index contributed by atoms with van der Waals surface area (Å²) in [7, 11) is 0. The van der Waals surface area contributed by atoms with Gasteiger partial charge in [-0.25, -0.2) is 4.79 Å². The summed E-state index contributed by atoms with van der Waals surface area (Å²) in [4.78, 5) is 33.9. The molecule has 0 aliphatic carbocycles. The Morgan fingerprint density at radius 1 is 1.29 bits per heavy atom. The molecule has 0 bridgehead atoms. The van der Waals surface area contributed by atoms with Gasteiger partial charge in [0.05, 0.1) is 6.42 Å². The van der Waals surface area contributed by atoms with E-state index in [1.165, 1.54) is 0 Å². The lowest BCUT2D eigenvalue weighted by molar-refractivity contribution is -0.139. The van der Waals surface area contributed by atoms with Crippen molar-refractivity contribution in [2.75, 3.05) is 6.54 Å². The molecule has 1 aromatic heterocycles. The highest BCUT2D eigenvalue weighted by Crippen LogP contribution is 2.24. The highest BCUT2D eigenvalue weighted by Gasteiger charge is 2.25. The Kier molecular flexibility index (Phi) is 6.36. The second-order valence-corrected chi connectivity index (χ2v) is 6.38. The van der Waals surface area contributed by atoms with E-state index >= 15 is 0 Å². The van der Waals surface area contributed by atoms with Gasteiger partial charge in [0.1, 0.15) is 0 Å². The number of carbonyl (C=O) groups is 3. The largest absolute Gasteiger partial charge is 0.481 e. The van der Waals surface area contributed by atoms with Gasteiger partial charge in [0.2, 0.25) is 5.91 Å². The van der Waals surface area contributed by atoms with E-state index in [4.69, 9.17) is 5.11 Å². The zero-order valence-corrected chi connectivity index (χ0v) is 13.0. The van der Waals surface area contributed by atoms with Gasteiger partial charge in [-0.15, -0.1) is 0 Å². The van der Waals surface area contributed by atoms with Gasteiger partial charge < -0.3 is 10.4 Å². The fraction of sp³-hybridized carbons (Fsp3) is 0.500. The van der Waals surface area contributed by atoms with Gasteiger partial charge in [0, 0.05) is 13.0 Å². The standard InChI is InChI=1S/C14H20N2O4S/c1-14(2,8-12(18)19)7-11(17)16-13(20)15-5-3-10-4-6-21-9-10/h4,6,9H,3,5,7-8H2,1-2H3,(H,18,19)(H2,15,16,17,20). The Morgan fingerprint density at radius 3 is 2.57 bits per heavy atom. The molecule has 0 spiro atoms. The molecule has 6 nitrogen and oxygen atoms in total.